The molecule has 6 heteroatoms. The van der Waals surface area contributed by atoms with Gasteiger partial charge in [-0.05, 0) is 32.3 Å². The van der Waals surface area contributed by atoms with Crippen LogP contribution in [0.3, 0.4) is 0 Å². The summed E-state index contributed by atoms with van der Waals surface area (Å²) in [7, 11) is 1.75. The average molecular weight is 322 g/mol. The fourth-order valence-electron chi connectivity index (χ4n) is 2.92. The van der Waals surface area contributed by atoms with Crippen molar-refractivity contribution in [2.45, 2.75) is 38.8 Å². The Labute approximate surface area is 134 Å². The van der Waals surface area contributed by atoms with Crippen molar-refractivity contribution >= 4 is 11.6 Å². The van der Waals surface area contributed by atoms with E-state index in [2.05, 4.69) is 4.98 Å². The molecule has 0 aliphatic carbocycles. The molecular formula is C16H20ClN3O2. The Morgan fingerprint density at radius 2 is 2.23 bits per heavy atom. The predicted octanol–water partition coefficient (Wildman–Crippen LogP) is 2.78. The molecule has 1 atom stereocenters. The summed E-state index contributed by atoms with van der Waals surface area (Å²) < 4.78 is 9.41. The molecule has 118 valence electrons. The second-order valence-electron chi connectivity index (χ2n) is 5.86. The maximum atomic E-state index is 11.8. The number of aromatic nitrogens is 3. The van der Waals surface area contributed by atoms with Crippen LogP contribution in [0.4, 0.5) is 0 Å². The number of aryl methyl sites for hydroxylation is 2. The number of imidazole rings is 1. The lowest BCUT2D eigenvalue weighted by molar-refractivity contribution is 0.00624. The van der Waals surface area contributed by atoms with E-state index in [0.717, 1.165) is 37.4 Å². The smallest absolute Gasteiger partial charge is 0.253 e. The summed E-state index contributed by atoms with van der Waals surface area (Å²) >= 11 is 6.10. The van der Waals surface area contributed by atoms with Crippen LogP contribution < -0.4 is 5.56 Å². The first-order valence-electron chi connectivity index (χ1n) is 7.56. The maximum Gasteiger partial charge on any atom is 0.253 e. The zero-order valence-electron chi connectivity index (χ0n) is 12.9. The number of halogens is 1. The van der Waals surface area contributed by atoms with Crippen molar-refractivity contribution in [2.24, 2.45) is 7.05 Å². The SMILES string of the molecule is Cc1cc(-c2nc(Cl)cn2C[C@H]2CCCCO2)cn(C)c1=O. The molecule has 0 bridgehead atoms. The molecule has 0 saturated carbocycles. The van der Waals surface area contributed by atoms with Crippen LogP contribution in [-0.4, -0.2) is 26.8 Å². The number of hydrogen-bond acceptors (Lipinski definition) is 3. The topological polar surface area (TPSA) is 49.0 Å². The number of hydrogen-bond donors (Lipinski definition) is 0. The van der Waals surface area contributed by atoms with E-state index in [4.69, 9.17) is 16.3 Å². The summed E-state index contributed by atoms with van der Waals surface area (Å²) in [5.41, 5.74) is 1.59. The van der Waals surface area contributed by atoms with Crippen LogP contribution in [0.2, 0.25) is 5.15 Å². The highest BCUT2D eigenvalue weighted by Crippen LogP contribution is 2.23. The van der Waals surface area contributed by atoms with E-state index in [1.54, 1.807) is 17.8 Å². The van der Waals surface area contributed by atoms with Crippen molar-refractivity contribution in [1.29, 1.82) is 0 Å². The van der Waals surface area contributed by atoms with Crippen molar-refractivity contribution in [1.82, 2.24) is 14.1 Å². The first-order chi connectivity index (χ1) is 10.5. The lowest BCUT2D eigenvalue weighted by atomic mass is 10.1. The second kappa shape index (κ2) is 6.26. The van der Waals surface area contributed by atoms with E-state index < -0.39 is 0 Å². The molecule has 2 aromatic heterocycles. The van der Waals surface area contributed by atoms with Gasteiger partial charge in [0.2, 0.25) is 0 Å². The Bertz CT molecular complexity index is 703. The molecule has 1 aliphatic rings. The fourth-order valence-corrected chi connectivity index (χ4v) is 3.12. The normalized spacial score (nSPS) is 18.6. The van der Waals surface area contributed by atoms with Crippen LogP contribution in [-0.2, 0) is 18.3 Å². The van der Waals surface area contributed by atoms with E-state index in [0.29, 0.717) is 10.7 Å². The number of nitrogens with zero attached hydrogens (tertiary/aromatic N) is 3. The van der Waals surface area contributed by atoms with Crippen molar-refractivity contribution < 1.29 is 4.74 Å². The lowest BCUT2D eigenvalue weighted by Gasteiger charge is -2.23. The number of pyridine rings is 1. The van der Waals surface area contributed by atoms with E-state index in [1.807, 2.05) is 23.8 Å². The van der Waals surface area contributed by atoms with Gasteiger partial charge in [0.25, 0.3) is 5.56 Å². The molecule has 5 nitrogen and oxygen atoms in total. The van der Waals surface area contributed by atoms with Crippen molar-refractivity contribution in [3.05, 3.63) is 39.5 Å². The van der Waals surface area contributed by atoms with Gasteiger partial charge in [0, 0.05) is 37.2 Å². The molecule has 22 heavy (non-hydrogen) atoms. The van der Waals surface area contributed by atoms with Gasteiger partial charge in [-0.3, -0.25) is 4.79 Å². The molecule has 0 aromatic carbocycles. The Morgan fingerprint density at radius 3 is 2.91 bits per heavy atom. The van der Waals surface area contributed by atoms with Gasteiger partial charge in [-0.25, -0.2) is 4.98 Å². The van der Waals surface area contributed by atoms with Gasteiger partial charge in [0.05, 0.1) is 12.6 Å². The van der Waals surface area contributed by atoms with Crippen molar-refractivity contribution in [2.75, 3.05) is 6.61 Å². The average Bonchev–Trinajstić information content (AvgIpc) is 2.86. The lowest BCUT2D eigenvalue weighted by Crippen LogP contribution is -2.24. The minimum Gasteiger partial charge on any atom is -0.376 e. The number of ether oxygens (including phenoxy) is 1. The molecule has 2 aromatic rings. The standard InChI is InChI=1S/C16H20ClN3O2/c1-11-7-12(8-19(2)16(11)21)15-18-14(17)10-20(15)9-13-5-3-4-6-22-13/h7-8,10,13H,3-6,9H2,1-2H3/t13-/m1/s1. The zero-order valence-corrected chi connectivity index (χ0v) is 13.6. The molecular weight excluding hydrogens is 302 g/mol. The van der Waals surface area contributed by atoms with Crippen LogP contribution in [0.25, 0.3) is 11.4 Å². The van der Waals surface area contributed by atoms with Crippen molar-refractivity contribution in [3.63, 3.8) is 0 Å². The molecule has 3 rings (SSSR count). The highest BCUT2D eigenvalue weighted by molar-refractivity contribution is 6.29. The van der Waals surface area contributed by atoms with E-state index in [1.165, 1.54) is 6.42 Å². The van der Waals surface area contributed by atoms with Gasteiger partial charge >= 0.3 is 0 Å². The van der Waals surface area contributed by atoms with Crippen LogP contribution >= 0.6 is 11.6 Å². The van der Waals surface area contributed by atoms with E-state index in [9.17, 15) is 4.79 Å². The Hall–Kier alpha value is -1.59. The molecule has 0 amide bonds. The molecule has 0 spiro atoms. The van der Waals surface area contributed by atoms with Gasteiger partial charge in [-0.1, -0.05) is 11.6 Å². The molecule has 0 unspecified atom stereocenters. The van der Waals surface area contributed by atoms with Crippen LogP contribution in [0.15, 0.2) is 23.3 Å². The third-order valence-corrected chi connectivity index (χ3v) is 4.22. The Balaban J connectivity index is 1.95. The largest absolute Gasteiger partial charge is 0.376 e. The van der Waals surface area contributed by atoms with Crippen molar-refractivity contribution in [3.8, 4) is 11.4 Å². The molecule has 0 radical (unpaired) electrons. The summed E-state index contributed by atoms with van der Waals surface area (Å²) in [4.78, 5) is 16.3. The molecule has 1 fully saturated rings. The van der Waals surface area contributed by atoms with Gasteiger partial charge in [0.1, 0.15) is 11.0 Å². The first kappa shape index (κ1) is 15.3. The monoisotopic (exact) mass is 321 g/mol. The first-order valence-corrected chi connectivity index (χ1v) is 7.94. The third-order valence-electron chi connectivity index (χ3n) is 4.04. The van der Waals surface area contributed by atoms with E-state index in [-0.39, 0.29) is 11.7 Å². The third kappa shape index (κ3) is 3.10. The summed E-state index contributed by atoms with van der Waals surface area (Å²) in [6.07, 6.45) is 7.21. The van der Waals surface area contributed by atoms with Crippen LogP contribution in [0.5, 0.6) is 0 Å². The summed E-state index contributed by atoms with van der Waals surface area (Å²) in [5.74, 6) is 0.776. The molecule has 1 aliphatic heterocycles. The molecule has 3 heterocycles. The highest BCUT2D eigenvalue weighted by Gasteiger charge is 2.18. The van der Waals surface area contributed by atoms with Gasteiger partial charge in [0.15, 0.2) is 0 Å². The minimum atomic E-state index is 0.00330. The highest BCUT2D eigenvalue weighted by atomic mass is 35.5. The molecule has 0 N–H and O–H groups in total. The van der Waals surface area contributed by atoms with E-state index >= 15 is 0 Å². The van der Waals surface area contributed by atoms with Crippen LogP contribution in [0, 0.1) is 6.92 Å². The summed E-state index contributed by atoms with van der Waals surface area (Å²) in [5, 5.41) is 0.456. The Kier molecular flexibility index (Phi) is 4.36. The van der Waals surface area contributed by atoms with Crippen LogP contribution in [0.1, 0.15) is 24.8 Å². The minimum absolute atomic E-state index is 0.00330. The van der Waals surface area contributed by atoms with Gasteiger partial charge < -0.3 is 13.9 Å². The fraction of sp³-hybridized carbons (Fsp3) is 0.500. The number of rotatable bonds is 3. The summed E-state index contributed by atoms with van der Waals surface area (Å²) in [6.45, 7) is 3.36. The Morgan fingerprint density at radius 1 is 1.41 bits per heavy atom. The zero-order chi connectivity index (χ0) is 15.7. The second-order valence-corrected chi connectivity index (χ2v) is 6.24. The quantitative estimate of drug-likeness (QED) is 0.873. The van der Waals surface area contributed by atoms with Gasteiger partial charge in [-0.15, -0.1) is 0 Å². The maximum absolute atomic E-state index is 11.8. The molecule has 1 saturated heterocycles. The predicted molar refractivity (Wildman–Crippen MR) is 86.2 cm³/mol. The van der Waals surface area contributed by atoms with Gasteiger partial charge in [-0.2, -0.15) is 0 Å². The summed E-state index contributed by atoms with van der Waals surface area (Å²) in [6, 6.07) is 1.86.